The highest BCUT2D eigenvalue weighted by Crippen LogP contribution is 2.36. The van der Waals surface area contributed by atoms with E-state index in [0.717, 1.165) is 0 Å². The molecule has 2 N–H and O–H groups in total. The first-order valence-corrected chi connectivity index (χ1v) is 6.14. The van der Waals surface area contributed by atoms with Gasteiger partial charge in [-0.2, -0.15) is 0 Å². The van der Waals surface area contributed by atoms with Crippen LogP contribution in [0.1, 0.15) is 12.0 Å². The van der Waals surface area contributed by atoms with E-state index in [4.69, 9.17) is 0 Å². The van der Waals surface area contributed by atoms with Gasteiger partial charge in [-0.3, -0.25) is 10.1 Å². The Labute approximate surface area is 102 Å². The largest absolute Gasteiger partial charge is 0.302 e. The average molecular weight is 332 g/mol. The second-order valence-electron chi connectivity index (χ2n) is 2.78. The zero-order valence-corrected chi connectivity index (χ0v) is 10.2. The summed E-state index contributed by atoms with van der Waals surface area (Å²) in [5.74, 6) is 0. The fourth-order valence-corrected chi connectivity index (χ4v) is 2.46. The molecule has 1 rings (SSSR count). The molecule has 7 nitrogen and oxygen atoms in total. The Morgan fingerprint density at radius 3 is 2.41 bits per heavy atom. The minimum atomic E-state index is -4.49. The Morgan fingerprint density at radius 1 is 1.53 bits per heavy atom. The van der Waals surface area contributed by atoms with Crippen LogP contribution in [0.2, 0.25) is 0 Å². The van der Waals surface area contributed by atoms with Gasteiger partial charge in [-0.1, -0.05) is 0 Å². The minimum Gasteiger partial charge on any atom is -0.258 e. The lowest BCUT2D eigenvalue weighted by Gasteiger charge is -2.08. The number of rotatable bonds is 3. The lowest BCUT2D eigenvalue weighted by molar-refractivity contribution is -0.386. The molecule has 0 saturated heterocycles. The van der Waals surface area contributed by atoms with Crippen LogP contribution < -0.4 is 5.14 Å². The number of aromatic nitrogens is 1. The van der Waals surface area contributed by atoms with Gasteiger partial charge in [-0.15, -0.1) is 0 Å². The molecule has 0 aromatic carbocycles. The van der Waals surface area contributed by atoms with E-state index in [1.165, 1.54) is 0 Å². The number of alkyl halides is 2. The summed E-state index contributed by atoms with van der Waals surface area (Å²) in [6.45, 7) is 0. The van der Waals surface area contributed by atoms with E-state index in [-0.39, 0.29) is 0 Å². The van der Waals surface area contributed by atoms with Crippen molar-refractivity contribution in [1.82, 2.24) is 4.98 Å². The monoisotopic (exact) mass is 331 g/mol. The molecule has 0 aliphatic heterocycles. The van der Waals surface area contributed by atoms with Gasteiger partial charge < -0.3 is 0 Å². The summed E-state index contributed by atoms with van der Waals surface area (Å²) >= 11 is 2.54. The van der Waals surface area contributed by atoms with Crippen LogP contribution in [0.4, 0.5) is 14.5 Å². The molecule has 1 aromatic rings. The number of nitrogens with zero attached hydrogens (tertiary/aromatic N) is 2. The summed E-state index contributed by atoms with van der Waals surface area (Å²) in [6.07, 6.45) is -2.74. The molecule has 0 aliphatic carbocycles. The number of pyridine rings is 1. The van der Waals surface area contributed by atoms with Gasteiger partial charge in [0.05, 0.1) is 10.5 Å². The molecule has 0 saturated carbocycles. The maximum Gasteiger partial charge on any atom is 0.302 e. The molecule has 0 atom stereocenters. The molecule has 0 radical (unpaired) electrons. The van der Waals surface area contributed by atoms with Crippen molar-refractivity contribution in [2.75, 3.05) is 0 Å². The maximum atomic E-state index is 12.6. The van der Waals surface area contributed by atoms with E-state index in [9.17, 15) is 27.3 Å². The van der Waals surface area contributed by atoms with Gasteiger partial charge >= 0.3 is 5.69 Å². The highest BCUT2D eigenvalue weighted by Gasteiger charge is 2.30. The summed E-state index contributed by atoms with van der Waals surface area (Å²) in [4.78, 5) is 12.6. The molecule has 17 heavy (non-hydrogen) atoms. The van der Waals surface area contributed by atoms with Gasteiger partial charge in [0.15, 0.2) is 5.03 Å². The molecule has 1 heterocycles. The summed E-state index contributed by atoms with van der Waals surface area (Å²) in [5.41, 5.74) is -1.89. The number of hydrogen-bond acceptors (Lipinski definition) is 5. The standard InChI is InChI=1S/C6H4BrF2N3O4S/c7-4-2(12(13)14)1-11-6(17(10,15)16)3(4)5(8)9/h1,5H,(H2,10,15,16). The number of nitro groups is 1. The Hall–Kier alpha value is -1.20. The quantitative estimate of drug-likeness (QED) is 0.662. The van der Waals surface area contributed by atoms with Crippen LogP contribution in [0.15, 0.2) is 15.7 Å². The van der Waals surface area contributed by atoms with Gasteiger partial charge in [0.1, 0.15) is 10.7 Å². The van der Waals surface area contributed by atoms with E-state index < -0.39 is 42.1 Å². The summed E-state index contributed by atoms with van der Waals surface area (Å²) in [5, 5.41) is 14.1. The smallest absolute Gasteiger partial charge is 0.258 e. The van der Waals surface area contributed by atoms with Gasteiger partial charge in [-0.05, 0) is 15.9 Å². The van der Waals surface area contributed by atoms with Crippen molar-refractivity contribution in [3.63, 3.8) is 0 Å². The van der Waals surface area contributed by atoms with Gasteiger partial charge in [0, 0.05) is 0 Å². The summed E-state index contributed by atoms with van der Waals surface area (Å²) in [6, 6.07) is 0. The molecule has 0 fully saturated rings. The van der Waals surface area contributed by atoms with Gasteiger partial charge in [0.25, 0.3) is 16.4 Å². The summed E-state index contributed by atoms with van der Waals surface area (Å²) < 4.78 is 46.6. The highest BCUT2D eigenvalue weighted by molar-refractivity contribution is 9.10. The zero-order valence-electron chi connectivity index (χ0n) is 7.80. The zero-order chi connectivity index (χ0) is 13.4. The fraction of sp³-hybridized carbons (Fsp3) is 0.167. The van der Waals surface area contributed by atoms with Crippen molar-refractivity contribution in [3.8, 4) is 0 Å². The normalized spacial score (nSPS) is 11.8. The molecule has 94 valence electrons. The van der Waals surface area contributed by atoms with E-state index >= 15 is 0 Å². The Bertz CT molecular complexity index is 577. The van der Waals surface area contributed by atoms with Gasteiger partial charge in [-0.25, -0.2) is 27.3 Å². The third kappa shape index (κ3) is 2.73. The van der Waals surface area contributed by atoms with Gasteiger partial charge in [0.2, 0.25) is 0 Å². The second kappa shape index (κ2) is 4.58. The SMILES string of the molecule is NS(=O)(=O)c1ncc([N+](=O)[O-])c(Br)c1C(F)F. The highest BCUT2D eigenvalue weighted by atomic mass is 79.9. The predicted molar refractivity (Wildman–Crippen MR) is 54.9 cm³/mol. The maximum absolute atomic E-state index is 12.6. The predicted octanol–water partition coefficient (Wildman–Crippen LogP) is 1.34. The first-order chi connectivity index (χ1) is 7.66. The van der Waals surface area contributed by atoms with Crippen LogP contribution in [0.5, 0.6) is 0 Å². The van der Waals surface area contributed by atoms with Crippen molar-refractivity contribution in [3.05, 3.63) is 26.3 Å². The average Bonchev–Trinajstić information content (AvgIpc) is 2.14. The molecular weight excluding hydrogens is 328 g/mol. The molecule has 0 aliphatic rings. The lowest BCUT2D eigenvalue weighted by atomic mass is 10.3. The van der Waals surface area contributed by atoms with Crippen LogP contribution in [-0.2, 0) is 10.0 Å². The first-order valence-electron chi connectivity index (χ1n) is 3.80. The molecule has 0 bridgehead atoms. The van der Waals surface area contributed by atoms with Crippen LogP contribution in [0.25, 0.3) is 0 Å². The van der Waals surface area contributed by atoms with Crippen LogP contribution >= 0.6 is 15.9 Å². The fourth-order valence-electron chi connectivity index (χ4n) is 1.02. The van der Waals surface area contributed by atoms with E-state index in [1.807, 2.05) is 0 Å². The van der Waals surface area contributed by atoms with Crippen molar-refractivity contribution in [1.29, 1.82) is 0 Å². The molecule has 11 heteroatoms. The van der Waals surface area contributed by atoms with Crippen LogP contribution in [-0.4, -0.2) is 18.3 Å². The summed E-state index contributed by atoms with van der Waals surface area (Å²) in [7, 11) is -4.49. The second-order valence-corrected chi connectivity index (χ2v) is 5.05. The Morgan fingerprint density at radius 2 is 2.06 bits per heavy atom. The van der Waals surface area contributed by atoms with E-state index in [2.05, 4.69) is 26.1 Å². The molecule has 1 aromatic heterocycles. The topological polar surface area (TPSA) is 116 Å². The third-order valence-corrected chi connectivity index (χ3v) is 3.38. The Balaban J connectivity index is 3.69. The number of halogens is 3. The first kappa shape index (κ1) is 13.9. The van der Waals surface area contributed by atoms with Crippen molar-refractivity contribution in [2.45, 2.75) is 11.5 Å². The third-order valence-electron chi connectivity index (χ3n) is 1.68. The minimum absolute atomic E-state index is 0.537. The molecular formula is C6H4BrF2N3O4S. The lowest BCUT2D eigenvalue weighted by Crippen LogP contribution is -2.17. The number of sulfonamides is 1. The number of primary sulfonamides is 1. The van der Waals surface area contributed by atoms with Crippen molar-refractivity contribution >= 4 is 31.6 Å². The molecule has 0 unspecified atom stereocenters. The van der Waals surface area contributed by atoms with E-state index in [0.29, 0.717) is 6.20 Å². The number of nitrogens with two attached hydrogens (primary N) is 1. The van der Waals surface area contributed by atoms with Crippen molar-refractivity contribution < 1.29 is 22.1 Å². The van der Waals surface area contributed by atoms with Crippen LogP contribution in [0.3, 0.4) is 0 Å². The van der Waals surface area contributed by atoms with Crippen LogP contribution in [0, 0.1) is 10.1 Å². The molecule has 0 spiro atoms. The Kier molecular flexibility index (Phi) is 3.74. The number of hydrogen-bond donors (Lipinski definition) is 1. The molecule has 0 amide bonds. The van der Waals surface area contributed by atoms with Crippen molar-refractivity contribution in [2.24, 2.45) is 5.14 Å². The van der Waals surface area contributed by atoms with E-state index in [1.54, 1.807) is 0 Å².